The molecule has 1 N–H and O–H groups in total. The van der Waals surface area contributed by atoms with Crippen molar-refractivity contribution in [3.63, 3.8) is 0 Å². The Balaban J connectivity index is 2.09. The van der Waals surface area contributed by atoms with Gasteiger partial charge in [0.15, 0.2) is 0 Å². The lowest BCUT2D eigenvalue weighted by Gasteiger charge is -2.31. The molecule has 0 saturated carbocycles. The van der Waals surface area contributed by atoms with Gasteiger partial charge in [-0.05, 0) is 12.8 Å². The molecular formula is C13H22N2O4S. The van der Waals surface area contributed by atoms with E-state index in [0.717, 1.165) is 19.3 Å². The summed E-state index contributed by atoms with van der Waals surface area (Å²) in [5.74, 6) is -0.431. The van der Waals surface area contributed by atoms with Crippen molar-refractivity contribution in [2.45, 2.75) is 43.7 Å². The van der Waals surface area contributed by atoms with Crippen molar-refractivity contribution in [1.29, 1.82) is 0 Å². The Bertz CT molecular complexity index is 379. The first-order chi connectivity index (χ1) is 9.58. The van der Waals surface area contributed by atoms with Crippen LogP contribution < -0.4 is 0 Å². The van der Waals surface area contributed by atoms with E-state index in [1.807, 2.05) is 6.92 Å². The number of carbonyl (C=O) groups is 2. The first kappa shape index (κ1) is 15.4. The van der Waals surface area contributed by atoms with Gasteiger partial charge in [-0.25, -0.2) is 9.59 Å². The van der Waals surface area contributed by atoms with Crippen LogP contribution in [0.1, 0.15) is 26.2 Å². The van der Waals surface area contributed by atoms with Crippen LogP contribution in [-0.4, -0.2) is 70.4 Å². The van der Waals surface area contributed by atoms with E-state index < -0.39 is 12.0 Å². The molecule has 2 amide bonds. The van der Waals surface area contributed by atoms with E-state index in [2.05, 4.69) is 0 Å². The van der Waals surface area contributed by atoms with E-state index in [1.165, 1.54) is 0 Å². The van der Waals surface area contributed by atoms with Gasteiger partial charge in [0.2, 0.25) is 0 Å². The minimum absolute atomic E-state index is 0.0183. The summed E-state index contributed by atoms with van der Waals surface area (Å²) in [7, 11) is 1.64. The van der Waals surface area contributed by atoms with Crippen LogP contribution in [0.5, 0.6) is 0 Å². The number of nitrogens with zero attached hydrogens (tertiary/aromatic N) is 2. The van der Waals surface area contributed by atoms with Gasteiger partial charge < -0.3 is 14.7 Å². The lowest BCUT2D eigenvalue weighted by atomic mass is 10.2. The van der Waals surface area contributed by atoms with Gasteiger partial charge in [0.1, 0.15) is 6.04 Å². The third-order valence-electron chi connectivity index (χ3n) is 3.88. The second-order valence-corrected chi connectivity index (χ2v) is 6.42. The maximum atomic E-state index is 12.6. The first-order valence-corrected chi connectivity index (χ1v) is 8.07. The summed E-state index contributed by atoms with van der Waals surface area (Å²) >= 11 is 1.57. The molecule has 7 heteroatoms. The lowest BCUT2D eigenvalue weighted by molar-refractivity contribution is -0.141. The summed E-state index contributed by atoms with van der Waals surface area (Å²) in [4.78, 5) is 27.3. The molecule has 0 bridgehead atoms. The standard InChI is InChI=1S/C13H22N2O4S/c1-3-4-11-15(10(8-20-11)12(16)17)13(18)14-6-5-9(7-14)19-2/h9-11H,3-8H2,1-2H3,(H,16,17). The fraction of sp³-hybridized carbons (Fsp3) is 0.846. The number of thioether (sulfide) groups is 1. The molecule has 2 heterocycles. The molecule has 6 nitrogen and oxygen atoms in total. The van der Waals surface area contributed by atoms with Crippen molar-refractivity contribution >= 4 is 23.8 Å². The molecule has 2 aliphatic heterocycles. The Hall–Kier alpha value is -0.950. The van der Waals surface area contributed by atoms with Crippen LogP contribution in [0.4, 0.5) is 4.79 Å². The van der Waals surface area contributed by atoms with Gasteiger partial charge in [-0.1, -0.05) is 13.3 Å². The second-order valence-electron chi connectivity index (χ2n) is 5.21. The highest BCUT2D eigenvalue weighted by atomic mass is 32.2. The highest BCUT2D eigenvalue weighted by molar-refractivity contribution is 8.00. The molecule has 0 aromatic heterocycles. The number of rotatable bonds is 4. The monoisotopic (exact) mass is 302 g/mol. The van der Waals surface area contributed by atoms with E-state index in [4.69, 9.17) is 4.74 Å². The van der Waals surface area contributed by atoms with Crippen LogP contribution >= 0.6 is 11.8 Å². The average molecular weight is 302 g/mol. The molecule has 2 saturated heterocycles. The number of methoxy groups -OCH3 is 1. The van der Waals surface area contributed by atoms with Crippen LogP contribution in [0.3, 0.4) is 0 Å². The molecule has 0 aromatic rings. The van der Waals surface area contributed by atoms with E-state index >= 15 is 0 Å². The van der Waals surface area contributed by atoms with Gasteiger partial charge in [-0.15, -0.1) is 11.8 Å². The largest absolute Gasteiger partial charge is 0.480 e. The average Bonchev–Trinajstić information content (AvgIpc) is 3.04. The van der Waals surface area contributed by atoms with Crippen molar-refractivity contribution in [2.75, 3.05) is 26.0 Å². The Morgan fingerprint density at radius 3 is 2.75 bits per heavy atom. The SMILES string of the molecule is CCCC1SCC(C(=O)O)N1C(=O)N1CCC(OC)C1. The van der Waals surface area contributed by atoms with Crippen molar-refractivity contribution < 1.29 is 19.4 Å². The molecular weight excluding hydrogens is 280 g/mol. The summed E-state index contributed by atoms with van der Waals surface area (Å²) in [5.41, 5.74) is 0. The fourth-order valence-electron chi connectivity index (χ4n) is 2.74. The normalized spacial score (nSPS) is 30.0. The molecule has 0 spiro atoms. The quantitative estimate of drug-likeness (QED) is 0.851. The summed E-state index contributed by atoms with van der Waals surface area (Å²) in [5, 5.41) is 9.29. The number of hydrogen-bond donors (Lipinski definition) is 1. The number of aliphatic carboxylic acids is 1. The number of amides is 2. The number of hydrogen-bond acceptors (Lipinski definition) is 4. The van der Waals surface area contributed by atoms with Gasteiger partial charge >= 0.3 is 12.0 Å². The number of urea groups is 1. The van der Waals surface area contributed by atoms with Crippen LogP contribution in [0.2, 0.25) is 0 Å². The van der Waals surface area contributed by atoms with E-state index in [-0.39, 0.29) is 17.5 Å². The second kappa shape index (κ2) is 6.67. The minimum Gasteiger partial charge on any atom is -0.480 e. The van der Waals surface area contributed by atoms with Crippen LogP contribution in [-0.2, 0) is 9.53 Å². The van der Waals surface area contributed by atoms with Gasteiger partial charge in [0, 0.05) is 26.0 Å². The van der Waals surface area contributed by atoms with E-state index in [9.17, 15) is 14.7 Å². The molecule has 0 aromatic carbocycles. The van der Waals surface area contributed by atoms with Crippen molar-refractivity contribution in [1.82, 2.24) is 9.80 Å². The summed E-state index contributed by atoms with van der Waals surface area (Å²) in [6, 6.07) is -0.856. The third kappa shape index (κ3) is 3.03. The van der Waals surface area contributed by atoms with Crippen molar-refractivity contribution in [3.8, 4) is 0 Å². The van der Waals surface area contributed by atoms with E-state index in [0.29, 0.717) is 18.8 Å². The molecule has 20 heavy (non-hydrogen) atoms. The topological polar surface area (TPSA) is 70.1 Å². The lowest BCUT2D eigenvalue weighted by Crippen LogP contribution is -2.51. The molecule has 114 valence electrons. The smallest absolute Gasteiger partial charge is 0.327 e. The first-order valence-electron chi connectivity index (χ1n) is 7.03. The van der Waals surface area contributed by atoms with Crippen LogP contribution in [0.15, 0.2) is 0 Å². The van der Waals surface area contributed by atoms with Crippen molar-refractivity contribution in [3.05, 3.63) is 0 Å². The number of likely N-dealkylation sites (tertiary alicyclic amines) is 1. The molecule has 2 aliphatic rings. The highest BCUT2D eigenvalue weighted by Gasteiger charge is 2.43. The maximum Gasteiger partial charge on any atom is 0.327 e. The number of carboxylic acids is 1. The van der Waals surface area contributed by atoms with Crippen LogP contribution in [0.25, 0.3) is 0 Å². The Labute approximate surface area is 123 Å². The van der Waals surface area contributed by atoms with Gasteiger partial charge in [0.25, 0.3) is 0 Å². The predicted molar refractivity (Wildman–Crippen MR) is 76.8 cm³/mol. The van der Waals surface area contributed by atoms with Gasteiger partial charge in [-0.2, -0.15) is 0 Å². The molecule has 2 fully saturated rings. The van der Waals surface area contributed by atoms with E-state index in [1.54, 1.807) is 28.7 Å². The highest BCUT2D eigenvalue weighted by Crippen LogP contribution is 2.33. The molecule has 3 unspecified atom stereocenters. The fourth-order valence-corrected chi connectivity index (χ4v) is 4.24. The predicted octanol–water partition coefficient (Wildman–Crippen LogP) is 1.46. The Morgan fingerprint density at radius 2 is 2.20 bits per heavy atom. The summed E-state index contributed by atoms with van der Waals surface area (Å²) < 4.78 is 5.27. The third-order valence-corrected chi connectivity index (χ3v) is 5.24. The van der Waals surface area contributed by atoms with Crippen molar-refractivity contribution in [2.24, 2.45) is 0 Å². The molecule has 0 aliphatic carbocycles. The Morgan fingerprint density at radius 1 is 1.45 bits per heavy atom. The maximum absolute atomic E-state index is 12.6. The van der Waals surface area contributed by atoms with Crippen LogP contribution in [0, 0.1) is 0 Å². The Kier molecular flexibility index (Phi) is 5.15. The summed E-state index contributed by atoms with van der Waals surface area (Å²) in [6.45, 7) is 3.25. The molecule has 3 atom stereocenters. The zero-order valence-corrected chi connectivity index (χ0v) is 12.8. The molecule has 0 radical (unpaired) electrons. The molecule has 2 rings (SSSR count). The number of ether oxygens (including phenoxy) is 1. The minimum atomic E-state index is -0.910. The zero-order valence-electron chi connectivity index (χ0n) is 11.9. The van der Waals surface area contributed by atoms with Gasteiger partial charge in [-0.3, -0.25) is 4.90 Å². The zero-order chi connectivity index (χ0) is 14.7. The number of carbonyl (C=O) groups excluding carboxylic acids is 1. The number of carboxylic acid groups (broad SMARTS) is 1. The van der Waals surface area contributed by atoms with Gasteiger partial charge in [0.05, 0.1) is 11.5 Å². The summed E-state index contributed by atoms with van der Waals surface area (Å²) in [6.07, 6.45) is 2.66.